The van der Waals surface area contributed by atoms with Gasteiger partial charge in [-0.15, -0.1) is 0 Å². The average Bonchev–Trinajstić information content (AvgIpc) is 2.44. The number of amides is 1. The van der Waals surface area contributed by atoms with Crippen LogP contribution in [0.2, 0.25) is 0 Å². The molecule has 0 saturated heterocycles. The molecule has 1 aromatic rings. The highest BCUT2D eigenvalue weighted by atomic mass is 19.2. The molecule has 0 aliphatic rings. The lowest BCUT2D eigenvalue weighted by Crippen LogP contribution is -2.38. The molecule has 8 heteroatoms. The maximum atomic E-state index is 13.6. The number of hydrogen-bond acceptors (Lipinski definition) is 3. The average molecular weight is 333 g/mol. The molecule has 0 unspecified atom stereocenters. The minimum Gasteiger partial charge on any atom is -0.481 e. The Bertz CT molecular complexity index is 566. The lowest BCUT2D eigenvalue weighted by atomic mass is 10.0. The number of carboxylic acid groups (broad SMARTS) is 1. The van der Waals surface area contributed by atoms with Gasteiger partial charge in [-0.25, -0.2) is 18.0 Å². The molecule has 0 bridgehead atoms. The predicted octanol–water partition coefficient (Wildman–Crippen LogP) is 3.02. The molecule has 0 spiro atoms. The Hall–Kier alpha value is -2.25. The molecule has 0 heterocycles. The summed E-state index contributed by atoms with van der Waals surface area (Å²) in [5.41, 5.74) is -0.232. The Kier molecular flexibility index (Phi) is 7.37. The summed E-state index contributed by atoms with van der Waals surface area (Å²) in [5.74, 6) is -4.83. The molecule has 23 heavy (non-hydrogen) atoms. The molecule has 0 aliphatic heterocycles. The Morgan fingerprint density at radius 1 is 1.22 bits per heavy atom. The zero-order valence-corrected chi connectivity index (χ0v) is 12.6. The summed E-state index contributed by atoms with van der Waals surface area (Å²) in [4.78, 5) is 22.4. The first-order chi connectivity index (χ1) is 10.8. The van der Waals surface area contributed by atoms with Gasteiger partial charge in [0, 0.05) is 12.1 Å². The van der Waals surface area contributed by atoms with Gasteiger partial charge in [-0.3, -0.25) is 4.79 Å². The van der Waals surface area contributed by atoms with E-state index in [2.05, 4.69) is 5.32 Å². The summed E-state index contributed by atoms with van der Waals surface area (Å²) in [6.45, 7) is 2.07. The predicted molar refractivity (Wildman–Crippen MR) is 75.5 cm³/mol. The quantitative estimate of drug-likeness (QED) is 0.566. The summed E-state index contributed by atoms with van der Waals surface area (Å²) in [6.07, 6.45) is -0.201. The van der Waals surface area contributed by atoms with Gasteiger partial charge in [0.2, 0.25) is 0 Å². The fourth-order valence-electron chi connectivity index (χ4n) is 1.89. The molecule has 1 atom stereocenters. The van der Waals surface area contributed by atoms with E-state index in [4.69, 9.17) is 9.84 Å². The van der Waals surface area contributed by atoms with Crippen molar-refractivity contribution in [3.63, 3.8) is 0 Å². The second kappa shape index (κ2) is 9.02. The number of halogens is 3. The Balaban J connectivity index is 2.76. The van der Waals surface area contributed by atoms with Crippen molar-refractivity contribution >= 4 is 12.1 Å². The molecule has 1 rings (SSSR count). The van der Waals surface area contributed by atoms with Gasteiger partial charge in [0.1, 0.15) is 5.82 Å². The van der Waals surface area contributed by atoms with Crippen LogP contribution >= 0.6 is 0 Å². The fraction of sp³-hybridized carbons (Fsp3) is 0.467. The third kappa shape index (κ3) is 6.58. The number of unbranched alkanes of at least 4 members (excludes halogenated alkanes) is 1. The molecular weight excluding hydrogens is 315 g/mol. The van der Waals surface area contributed by atoms with E-state index in [1.54, 1.807) is 0 Å². The molecule has 128 valence electrons. The lowest BCUT2D eigenvalue weighted by molar-refractivity contribution is -0.137. The highest BCUT2D eigenvalue weighted by Gasteiger charge is 2.20. The number of carboxylic acids is 1. The third-order valence-corrected chi connectivity index (χ3v) is 3.03. The van der Waals surface area contributed by atoms with E-state index in [-0.39, 0.29) is 18.6 Å². The minimum atomic E-state index is -1.34. The fourth-order valence-corrected chi connectivity index (χ4v) is 1.89. The van der Waals surface area contributed by atoms with Crippen molar-refractivity contribution in [3.05, 3.63) is 35.1 Å². The lowest BCUT2D eigenvalue weighted by Gasteiger charge is -2.17. The number of nitrogens with one attached hydrogen (secondary N) is 1. The van der Waals surface area contributed by atoms with Crippen molar-refractivity contribution in [2.24, 2.45) is 0 Å². The molecule has 0 fully saturated rings. The molecule has 2 N–H and O–H groups in total. The number of rotatable bonds is 8. The largest absolute Gasteiger partial charge is 0.481 e. The second-order valence-electron chi connectivity index (χ2n) is 4.99. The summed E-state index contributed by atoms with van der Waals surface area (Å²) < 4.78 is 44.5. The van der Waals surface area contributed by atoms with Crippen LogP contribution in [0.3, 0.4) is 0 Å². The summed E-state index contributed by atoms with van der Waals surface area (Å²) >= 11 is 0. The van der Waals surface area contributed by atoms with Crippen LogP contribution in [-0.2, 0) is 16.0 Å². The van der Waals surface area contributed by atoms with E-state index in [9.17, 15) is 22.8 Å². The highest BCUT2D eigenvalue weighted by molar-refractivity contribution is 5.71. The van der Waals surface area contributed by atoms with Gasteiger partial charge < -0.3 is 15.2 Å². The van der Waals surface area contributed by atoms with Crippen molar-refractivity contribution in [1.29, 1.82) is 0 Å². The first-order valence-electron chi connectivity index (χ1n) is 7.12. The van der Waals surface area contributed by atoms with Crippen LogP contribution in [0.5, 0.6) is 0 Å². The summed E-state index contributed by atoms with van der Waals surface area (Å²) in [5, 5.41) is 11.1. The van der Waals surface area contributed by atoms with Crippen molar-refractivity contribution in [2.75, 3.05) is 6.61 Å². The molecule has 0 aromatic heterocycles. The SMILES string of the molecule is CCCCOC(=O)N[C@H](CC(=O)O)Cc1cc(F)c(F)cc1F. The molecule has 0 radical (unpaired) electrons. The number of alkyl carbamates (subject to hydrolysis) is 1. The zero-order valence-electron chi connectivity index (χ0n) is 12.6. The first-order valence-corrected chi connectivity index (χ1v) is 7.12. The van der Waals surface area contributed by atoms with E-state index >= 15 is 0 Å². The number of aliphatic carboxylic acids is 1. The maximum Gasteiger partial charge on any atom is 0.407 e. The van der Waals surface area contributed by atoms with Gasteiger partial charge in [-0.1, -0.05) is 13.3 Å². The number of carbonyl (C=O) groups excluding carboxylic acids is 1. The highest BCUT2D eigenvalue weighted by Crippen LogP contribution is 2.16. The van der Waals surface area contributed by atoms with Crippen LogP contribution in [0.25, 0.3) is 0 Å². The smallest absolute Gasteiger partial charge is 0.407 e. The third-order valence-electron chi connectivity index (χ3n) is 3.03. The summed E-state index contributed by atoms with van der Waals surface area (Å²) in [6, 6.07) is 0.00655. The number of carbonyl (C=O) groups is 2. The zero-order chi connectivity index (χ0) is 17.4. The molecule has 0 saturated carbocycles. The van der Waals surface area contributed by atoms with E-state index in [1.807, 2.05) is 6.92 Å². The topological polar surface area (TPSA) is 75.6 Å². The van der Waals surface area contributed by atoms with E-state index in [0.29, 0.717) is 18.6 Å². The molecule has 1 aromatic carbocycles. The monoisotopic (exact) mass is 333 g/mol. The minimum absolute atomic E-state index is 0.168. The van der Waals surface area contributed by atoms with E-state index < -0.39 is 42.0 Å². The standard InChI is InChI=1S/C15H18F3NO4/c1-2-3-4-23-15(22)19-10(7-14(20)21)5-9-6-12(17)13(18)8-11(9)16/h6,8,10H,2-5,7H2,1H3,(H,19,22)(H,20,21)/t10-/m0/s1. The van der Waals surface area contributed by atoms with Gasteiger partial charge in [-0.2, -0.15) is 0 Å². The van der Waals surface area contributed by atoms with Gasteiger partial charge in [-0.05, 0) is 24.5 Å². The second-order valence-corrected chi connectivity index (χ2v) is 4.99. The van der Waals surface area contributed by atoms with Crippen LogP contribution < -0.4 is 5.32 Å². The van der Waals surface area contributed by atoms with Crippen LogP contribution in [0, 0.1) is 17.5 Å². The molecular formula is C15H18F3NO4. The number of benzene rings is 1. The number of hydrogen-bond donors (Lipinski definition) is 2. The molecule has 1 amide bonds. The van der Waals surface area contributed by atoms with Gasteiger partial charge in [0.15, 0.2) is 11.6 Å². The Morgan fingerprint density at radius 2 is 1.87 bits per heavy atom. The Labute approximate surface area is 131 Å². The van der Waals surface area contributed by atoms with Crippen molar-refractivity contribution in [3.8, 4) is 0 Å². The van der Waals surface area contributed by atoms with Crippen LogP contribution in [0.4, 0.5) is 18.0 Å². The maximum absolute atomic E-state index is 13.6. The van der Waals surface area contributed by atoms with E-state index in [1.165, 1.54) is 0 Å². The van der Waals surface area contributed by atoms with Crippen LogP contribution in [0.15, 0.2) is 12.1 Å². The number of ether oxygens (including phenoxy) is 1. The van der Waals surface area contributed by atoms with Gasteiger partial charge >= 0.3 is 12.1 Å². The first kappa shape index (κ1) is 18.8. The van der Waals surface area contributed by atoms with Crippen molar-refractivity contribution < 1.29 is 32.6 Å². The summed E-state index contributed by atoms with van der Waals surface area (Å²) in [7, 11) is 0. The van der Waals surface area contributed by atoms with Crippen molar-refractivity contribution in [2.45, 2.75) is 38.6 Å². The van der Waals surface area contributed by atoms with Crippen LogP contribution in [-0.4, -0.2) is 29.8 Å². The van der Waals surface area contributed by atoms with Gasteiger partial charge in [0.05, 0.1) is 13.0 Å². The van der Waals surface area contributed by atoms with Gasteiger partial charge in [0.25, 0.3) is 0 Å². The van der Waals surface area contributed by atoms with E-state index in [0.717, 1.165) is 6.42 Å². The van der Waals surface area contributed by atoms with Crippen molar-refractivity contribution in [1.82, 2.24) is 5.32 Å². The molecule has 5 nitrogen and oxygen atoms in total. The normalized spacial score (nSPS) is 11.8. The molecule has 0 aliphatic carbocycles. The Morgan fingerprint density at radius 3 is 2.48 bits per heavy atom. The van der Waals surface area contributed by atoms with Crippen LogP contribution in [0.1, 0.15) is 31.7 Å².